The number of imidazole rings is 1. The molecule has 0 spiro atoms. The van der Waals surface area contributed by atoms with Crippen LogP contribution < -0.4 is 0 Å². The van der Waals surface area contributed by atoms with E-state index in [0.29, 0.717) is 16.2 Å². The van der Waals surface area contributed by atoms with E-state index in [9.17, 15) is 10.1 Å². The highest BCUT2D eigenvalue weighted by molar-refractivity contribution is 7.71. The first kappa shape index (κ1) is 11.8. The van der Waals surface area contributed by atoms with Crippen molar-refractivity contribution in [1.82, 2.24) is 9.55 Å². The molecule has 6 heteroatoms. The lowest BCUT2D eigenvalue weighted by atomic mass is 10.2. The lowest BCUT2D eigenvalue weighted by Crippen LogP contribution is -2.04. The SMILES string of the molecule is CC(C)Cn1c(=S)[nH]c2cc([N+](=O)[O-])ccc21. The number of hydrogen-bond acceptors (Lipinski definition) is 3. The van der Waals surface area contributed by atoms with Crippen LogP contribution in [0.15, 0.2) is 18.2 Å². The Morgan fingerprint density at radius 1 is 1.53 bits per heavy atom. The molecule has 0 radical (unpaired) electrons. The van der Waals surface area contributed by atoms with Crippen LogP contribution in [0.1, 0.15) is 13.8 Å². The lowest BCUT2D eigenvalue weighted by molar-refractivity contribution is -0.384. The fraction of sp³-hybridized carbons (Fsp3) is 0.364. The van der Waals surface area contributed by atoms with Gasteiger partial charge in [-0.25, -0.2) is 0 Å². The van der Waals surface area contributed by atoms with Crippen LogP contribution in [-0.4, -0.2) is 14.5 Å². The van der Waals surface area contributed by atoms with Crippen molar-refractivity contribution in [3.8, 4) is 0 Å². The molecule has 2 aromatic rings. The first-order valence-corrected chi connectivity index (χ1v) is 5.77. The van der Waals surface area contributed by atoms with Crippen LogP contribution in [-0.2, 0) is 6.54 Å². The standard InChI is InChI=1S/C11H13N3O2S/c1-7(2)6-13-10-4-3-8(14(15)16)5-9(10)12-11(13)17/h3-5,7H,6H2,1-2H3,(H,12,17). The minimum Gasteiger partial charge on any atom is -0.330 e. The molecule has 1 aromatic carbocycles. The second kappa shape index (κ2) is 4.29. The number of aromatic amines is 1. The van der Waals surface area contributed by atoms with Crippen molar-refractivity contribution in [3.63, 3.8) is 0 Å². The third kappa shape index (κ3) is 2.21. The molecule has 0 aliphatic rings. The Morgan fingerprint density at radius 3 is 2.82 bits per heavy atom. The number of non-ortho nitro benzene ring substituents is 1. The van der Waals surface area contributed by atoms with Gasteiger partial charge in [-0.1, -0.05) is 13.8 Å². The quantitative estimate of drug-likeness (QED) is 0.517. The normalized spacial score (nSPS) is 11.2. The molecule has 0 bridgehead atoms. The molecule has 0 aliphatic heterocycles. The number of aromatic nitrogens is 2. The predicted molar refractivity (Wildman–Crippen MR) is 68.6 cm³/mol. The summed E-state index contributed by atoms with van der Waals surface area (Å²) < 4.78 is 2.58. The van der Waals surface area contributed by atoms with E-state index >= 15 is 0 Å². The molecule has 0 atom stereocenters. The zero-order chi connectivity index (χ0) is 12.6. The maximum atomic E-state index is 10.7. The first-order chi connectivity index (χ1) is 7.99. The maximum Gasteiger partial charge on any atom is 0.271 e. The highest BCUT2D eigenvalue weighted by Crippen LogP contribution is 2.21. The summed E-state index contributed by atoms with van der Waals surface area (Å²) in [6, 6.07) is 4.76. The highest BCUT2D eigenvalue weighted by atomic mass is 32.1. The minimum atomic E-state index is -0.407. The average molecular weight is 251 g/mol. The fourth-order valence-electron chi connectivity index (χ4n) is 1.81. The number of rotatable bonds is 3. The zero-order valence-corrected chi connectivity index (χ0v) is 10.5. The summed E-state index contributed by atoms with van der Waals surface area (Å²) >= 11 is 5.22. The summed E-state index contributed by atoms with van der Waals surface area (Å²) in [4.78, 5) is 13.3. The van der Waals surface area contributed by atoms with E-state index in [0.717, 1.165) is 12.1 Å². The second-order valence-corrected chi connectivity index (χ2v) is 4.78. The van der Waals surface area contributed by atoms with Crippen LogP contribution in [0.2, 0.25) is 0 Å². The summed E-state index contributed by atoms with van der Waals surface area (Å²) in [5.41, 5.74) is 1.70. The summed E-state index contributed by atoms with van der Waals surface area (Å²) in [6.07, 6.45) is 0. The molecule has 0 fully saturated rings. The Bertz CT molecular complexity index is 627. The van der Waals surface area contributed by atoms with Crippen molar-refractivity contribution < 1.29 is 4.92 Å². The van der Waals surface area contributed by atoms with Crippen LogP contribution in [0.5, 0.6) is 0 Å². The molecule has 0 unspecified atom stereocenters. The third-order valence-electron chi connectivity index (χ3n) is 2.52. The first-order valence-electron chi connectivity index (χ1n) is 5.36. The van der Waals surface area contributed by atoms with Gasteiger partial charge in [0.2, 0.25) is 0 Å². The molecular weight excluding hydrogens is 238 g/mol. The van der Waals surface area contributed by atoms with E-state index in [-0.39, 0.29) is 5.69 Å². The van der Waals surface area contributed by atoms with E-state index in [4.69, 9.17) is 12.2 Å². The van der Waals surface area contributed by atoms with Crippen molar-refractivity contribution in [1.29, 1.82) is 0 Å². The van der Waals surface area contributed by atoms with E-state index in [1.807, 2.05) is 4.57 Å². The van der Waals surface area contributed by atoms with Gasteiger partial charge in [-0.15, -0.1) is 0 Å². The number of fused-ring (bicyclic) bond motifs is 1. The lowest BCUT2D eigenvalue weighted by Gasteiger charge is -2.06. The van der Waals surface area contributed by atoms with Crippen molar-refractivity contribution >= 4 is 28.9 Å². The minimum absolute atomic E-state index is 0.0745. The molecular formula is C11H13N3O2S. The van der Waals surface area contributed by atoms with Crippen molar-refractivity contribution in [2.24, 2.45) is 5.92 Å². The Kier molecular flexibility index (Phi) is 2.97. The number of hydrogen-bond donors (Lipinski definition) is 1. The van der Waals surface area contributed by atoms with Gasteiger partial charge in [0.05, 0.1) is 16.0 Å². The maximum absolute atomic E-state index is 10.7. The van der Waals surface area contributed by atoms with Crippen molar-refractivity contribution in [2.45, 2.75) is 20.4 Å². The molecule has 0 saturated carbocycles. The Morgan fingerprint density at radius 2 is 2.24 bits per heavy atom. The molecule has 17 heavy (non-hydrogen) atoms. The summed E-state index contributed by atoms with van der Waals surface area (Å²) in [6.45, 7) is 5.01. The smallest absolute Gasteiger partial charge is 0.271 e. The molecule has 1 heterocycles. The van der Waals surface area contributed by atoms with E-state index in [1.165, 1.54) is 12.1 Å². The third-order valence-corrected chi connectivity index (χ3v) is 2.84. The van der Waals surface area contributed by atoms with Gasteiger partial charge in [0, 0.05) is 18.7 Å². The number of benzene rings is 1. The fourth-order valence-corrected chi connectivity index (χ4v) is 2.09. The van der Waals surface area contributed by atoms with Crippen LogP contribution in [0.3, 0.4) is 0 Å². The second-order valence-electron chi connectivity index (χ2n) is 4.39. The molecule has 1 aromatic heterocycles. The van der Waals surface area contributed by atoms with Gasteiger partial charge in [0.1, 0.15) is 0 Å². The predicted octanol–water partition coefficient (Wildman–Crippen LogP) is 3.26. The topological polar surface area (TPSA) is 63.9 Å². The zero-order valence-electron chi connectivity index (χ0n) is 9.64. The Labute approximate surface area is 103 Å². The van der Waals surface area contributed by atoms with Gasteiger partial charge in [-0.2, -0.15) is 0 Å². The van der Waals surface area contributed by atoms with Gasteiger partial charge < -0.3 is 9.55 Å². The largest absolute Gasteiger partial charge is 0.330 e. The molecule has 0 saturated heterocycles. The monoisotopic (exact) mass is 251 g/mol. The summed E-state index contributed by atoms with van der Waals surface area (Å²) in [7, 11) is 0. The number of nitrogens with zero attached hydrogens (tertiary/aromatic N) is 2. The molecule has 90 valence electrons. The molecule has 2 rings (SSSR count). The van der Waals surface area contributed by atoms with Crippen LogP contribution in [0.4, 0.5) is 5.69 Å². The summed E-state index contributed by atoms with van der Waals surface area (Å²) in [5, 5.41) is 10.7. The summed E-state index contributed by atoms with van der Waals surface area (Å²) in [5.74, 6) is 0.468. The Hall–Kier alpha value is -1.69. The molecule has 1 N–H and O–H groups in total. The van der Waals surface area contributed by atoms with Gasteiger partial charge in [0.25, 0.3) is 5.69 Å². The molecule has 0 aliphatic carbocycles. The van der Waals surface area contributed by atoms with Gasteiger partial charge in [-0.05, 0) is 24.2 Å². The van der Waals surface area contributed by atoms with Gasteiger partial charge in [0.15, 0.2) is 4.77 Å². The van der Waals surface area contributed by atoms with Crippen molar-refractivity contribution in [3.05, 3.63) is 33.1 Å². The van der Waals surface area contributed by atoms with E-state index < -0.39 is 4.92 Å². The molecule has 5 nitrogen and oxygen atoms in total. The van der Waals surface area contributed by atoms with E-state index in [2.05, 4.69) is 18.8 Å². The molecule has 0 amide bonds. The highest BCUT2D eigenvalue weighted by Gasteiger charge is 2.11. The number of nitrogens with one attached hydrogen (secondary N) is 1. The van der Waals surface area contributed by atoms with Crippen LogP contribution in [0, 0.1) is 20.8 Å². The van der Waals surface area contributed by atoms with E-state index in [1.54, 1.807) is 6.07 Å². The van der Waals surface area contributed by atoms with Crippen molar-refractivity contribution in [2.75, 3.05) is 0 Å². The Balaban J connectivity index is 2.60. The number of nitro benzene ring substituents is 1. The number of H-pyrrole nitrogens is 1. The van der Waals surface area contributed by atoms with Gasteiger partial charge in [-0.3, -0.25) is 10.1 Å². The van der Waals surface area contributed by atoms with Gasteiger partial charge >= 0.3 is 0 Å². The number of nitro groups is 1. The average Bonchev–Trinajstić information content (AvgIpc) is 2.54. The van der Waals surface area contributed by atoms with Crippen LogP contribution in [0.25, 0.3) is 11.0 Å². The van der Waals surface area contributed by atoms with Crippen LogP contribution >= 0.6 is 12.2 Å².